The Balaban J connectivity index is 1.64. The average Bonchev–Trinajstić information content (AvgIpc) is 3.04. The van der Waals surface area contributed by atoms with Gasteiger partial charge in [0.25, 0.3) is 0 Å². The molecule has 0 aliphatic carbocycles. The molecule has 1 N–H and O–H groups in total. The minimum absolute atomic E-state index is 0.0547. The minimum atomic E-state index is -0.0547. The Morgan fingerprint density at radius 2 is 2.25 bits per heavy atom. The number of hydrogen-bond acceptors (Lipinski definition) is 4. The van der Waals surface area contributed by atoms with E-state index in [4.69, 9.17) is 8.83 Å². The van der Waals surface area contributed by atoms with Crippen LogP contribution < -0.4 is 5.32 Å². The van der Waals surface area contributed by atoms with Gasteiger partial charge in [0, 0.05) is 6.92 Å². The number of rotatable bonds is 4. The van der Waals surface area contributed by atoms with E-state index in [0.717, 1.165) is 22.4 Å². The van der Waals surface area contributed by atoms with Crippen LogP contribution in [-0.2, 0) is 17.8 Å². The number of nitrogens with zero attached hydrogens (tertiary/aromatic N) is 1. The summed E-state index contributed by atoms with van der Waals surface area (Å²) >= 11 is 0. The van der Waals surface area contributed by atoms with Crippen molar-refractivity contribution in [3.8, 4) is 0 Å². The van der Waals surface area contributed by atoms with Crippen molar-refractivity contribution in [2.45, 2.75) is 19.9 Å². The third-order valence-corrected chi connectivity index (χ3v) is 2.96. The summed E-state index contributed by atoms with van der Waals surface area (Å²) in [5, 5.41) is 2.81. The predicted octanol–water partition coefficient (Wildman–Crippen LogP) is 2.59. The fourth-order valence-corrected chi connectivity index (χ4v) is 2.04. The van der Waals surface area contributed by atoms with Gasteiger partial charge in [0.15, 0.2) is 11.5 Å². The third-order valence-electron chi connectivity index (χ3n) is 2.96. The molecule has 2 heterocycles. The summed E-state index contributed by atoms with van der Waals surface area (Å²) in [6.07, 6.45) is 1.89. The molecule has 5 nitrogen and oxygen atoms in total. The highest BCUT2D eigenvalue weighted by Crippen LogP contribution is 2.17. The van der Waals surface area contributed by atoms with Crippen LogP contribution in [0.4, 0.5) is 0 Å². The number of fused-ring (bicyclic) bond motifs is 1. The number of benzene rings is 1. The number of nitrogens with one attached hydrogen (secondary N) is 1. The number of furan rings is 1. The van der Waals surface area contributed by atoms with Crippen molar-refractivity contribution >= 4 is 17.0 Å². The lowest BCUT2D eigenvalue weighted by molar-refractivity contribution is -0.120. The van der Waals surface area contributed by atoms with Crippen LogP contribution in [0.15, 0.2) is 45.4 Å². The van der Waals surface area contributed by atoms with E-state index in [1.807, 2.05) is 24.3 Å². The van der Waals surface area contributed by atoms with Crippen molar-refractivity contribution < 1.29 is 13.6 Å². The van der Waals surface area contributed by atoms with E-state index in [9.17, 15) is 4.79 Å². The summed E-state index contributed by atoms with van der Waals surface area (Å²) in [5.74, 6) is 1.31. The second kappa shape index (κ2) is 5.21. The molecule has 20 heavy (non-hydrogen) atoms. The molecule has 0 spiro atoms. The van der Waals surface area contributed by atoms with E-state index >= 15 is 0 Å². The van der Waals surface area contributed by atoms with E-state index in [1.165, 1.54) is 0 Å². The van der Waals surface area contributed by atoms with Gasteiger partial charge in [-0.15, -0.1) is 0 Å². The maximum atomic E-state index is 11.9. The second-order valence-corrected chi connectivity index (χ2v) is 4.57. The highest BCUT2D eigenvalue weighted by Gasteiger charge is 2.07. The van der Waals surface area contributed by atoms with Gasteiger partial charge in [-0.25, -0.2) is 4.98 Å². The fraction of sp³-hybridized carbons (Fsp3) is 0.200. The summed E-state index contributed by atoms with van der Waals surface area (Å²) in [6, 6.07) is 9.20. The number of hydrogen-bond donors (Lipinski definition) is 1. The van der Waals surface area contributed by atoms with Crippen LogP contribution >= 0.6 is 0 Å². The Morgan fingerprint density at radius 1 is 1.35 bits per heavy atom. The summed E-state index contributed by atoms with van der Waals surface area (Å²) in [6.45, 7) is 2.20. The molecule has 0 aliphatic heterocycles. The number of aryl methyl sites for hydroxylation is 1. The maximum Gasteiger partial charge on any atom is 0.224 e. The molecule has 2 aromatic heterocycles. The van der Waals surface area contributed by atoms with Gasteiger partial charge in [0.2, 0.25) is 5.91 Å². The first-order valence-electron chi connectivity index (χ1n) is 6.36. The van der Waals surface area contributed by atoms with Gasteiger partial charge in [-0.2, -0.15) is 0 Å². The quantitative estimate of drug-likeness (QED) is 0.791. The van der Waals surface area contributed by atoms with Crippen LogP contribution in [-0.4, -0.2) is 10.9 Å². The molecule has 1 amide bonds. The zero-order valence-corrected chi connectivity index (χ0v) is 11.1. The predicted molar refractivity (Wildman–Crippen MR) is 73.0 cm³/mol. The molecule has 0 saturated carbocycles. The van der Waals surface area contributed by atoms with E-state index in [-0.39, 0.29) is 5.91 Å². The normalized spacial score (nSPS) is 10.8. The topological polar surface area (TPSA) is 68.3 Å². The van der Waals surface area contributed by atoms with Crippen molar-refractivity contribution in [1.29, 1.82) is 0 Å². The third kappa shape index (κ3) is 2.71. The van der Waals surface area contributed by atoms with E-state index in [0.29, 0.717) is 18.9 Å². The molecule has 1 aromatic carbocycles. The smallest absolute Gasteiger partial charge is 0.224 e. The molecule has 0 unspecified atom stereocenters. The average molecular weight is 270 g/mol. The Labute approximate surface area is 115 Å². The summed E-state index contributed by atoms with van der Waals surface area (Å²) in [7, 11) is 0. The van der Waals surface area contributed by atoms with Crippen LogP contribution in [0.25, 0.3) is 11.1 Å². The first-order chi connectivity index (χ1) is 9.70. The monoisotopic (exact) mass is 270 g/mol. The lowest BCUT2D eigenvalue weighted by Crippen LogP contribution is -2.24. The molecule has 5 heteroatoms. The lowest BCUT2D eigenvalue weighted by Gasteiger charge is -2.03. The number of amides is 1. The van der Waals surface area contributed by atoms with Crippen LogP contribution in [0, 0.1) is 6.92 Å². The summed E-state index contributed by atoms with van der Waals surface area (Å²) < 4.78 is 10.6. The number of aromatic nitrogens is 1. The molecule has 0 radical (unpaired) electrons. The van der Waals surface area contributed by atoms with Crippen molar-refractivity contribution in [2.75, 3.05) is 0 Å². The van der Waals surface area contributed by atoms with Gasteiger partial charge in [-0.1, -0.05) is 6.07 Å². The summed E-state index contributed by atoms with van der Waals surface area (Å²) in [5.41, 5.74) is 2.42. The first-order valence-corrected chi connectivity index (χ1v) is 6.36. The van der Waals surface area contributed by atoms with Gasteiger partial charge in [-0.05, 0) is 29.8 Å². The van der Waals surface area contributed by atoms with Crippen LogP contribution in [0.1, 0.15) is 17.2 Å². The fourth-order valence-electron chi connectivity index (χ4n) is 2.04. The summed E-state index contributed by atoms with van der Waals surface area (Å²) in [4.78, 5) is 16.1. The molecule has 102 valence electrons. The molecule has 3 aromatic rings. The van der Waals surface area contributed by atoms with Gasteiger partial charge < -0.3 is 14.2 Å². The van der Waals surface area contributed by atoms with Gasteiger partial charge in [-0.3, -0.25) is 4.79 Å². The standard InChI is InChI=1S/C15H14N2O3/c1-10-17-13-7-11(4-5-14(13)20-10)8-15(18)16-9-12-3-2-6-19-12/h2-7H,8-9H2,1H3,(H,16,18). The Hall–Kier alpha value is -2.56. The minimum Gasteiger partial charge on any atom is -0.467 e. The van der Waals surface area contributed by atoms with Crippen molar-refractivity contribution in [3.63, 3.8) is 0 Å². The SMILES string of the molecule is Cc1nc2cc(CC(=O)NCc3ccco3)ccc2o1. The van der Waals surface area contributed by atoms with Crippen molar-refractivity contribution in [3.05, 3.63) is 53.8 Å². The zero-order valence-electron chi connectivity index (χ0n) is 11.1. The molecule has 0 saturated heterocycles. The Morgan fingerprint density at radius 3 is 3.05 bits per heavy atom. The van der Waals surface area contributed by atoms with E-state index < -0.39 is 0 Å². The zero-order chi connectivity index (χ0) is 13.9. The Bertz CT molecular complexity index is 729. The highest BCUT2D eigenvalue weighted by molar-refractivity contribution is 5.81. The number of oxazole rings is 1. The van der Waals surface area contributed by atoms with Crippen LogP contribution in [0.3, 0.4) is 0 Å². The molecule has 0 aliphatic rings. The molecule has 3 rings (SSSR count). The van der Waals surface area contributed by atoms with Gasteiger partial charge in [0.1, 0.15) is 11.3 Å². The molecule has 0 atom stereocenters. The van der Waals surface area contributed by atoms with Gasteiger partial charge >= 0.3 is 0 Å². The van der Waals surface area contributed by atoms with Gasteiger partial charge in [0.05, 0.1) is 19.2 Å². The van der Waals surface area contributed by atoms with Crippen molar-refractivity contribution in [1.82, 2.24) is 10.3 Å². The lowest BCUT2D eigenvalue weighted by atomic mass is 10.1. The largest absolute Gasteiger partial charge is 0.467 e. The van der Waals surface area contributed by atoms with Crippen LogP contribution in [0.5, 0.6) is 0 Å². The first kappa shape index (κ1) is 12.5. The molecular formula is C15H14N2O3. The molecule has 0 fully saturated rings. The van der Waals surface area contributed by atoms with Crippen LogP contribution in [0.2, 0.25) is 0 Å². The number of carbonyl (C=O) groups is 1. The highest BCUT2D eigenvalue weighted by atomic mass is 16.3. The molecule has 0 bridgehead atoms. The Kier molecular flexibility index (Phi) is 3.25. The maximum absolute atomic E-state index is 11.9. The van der Waals surface area contributed by atoms with Crippen molar-refractivity contribution in [2.24, 2.45) is 0 Å². The second-order valence-electron chi connectivity index (χ2n) is 4.57. The number of carbonyl (C=O) groups excluding carboxylic acids is 1. The van der Waals surface area contributed by atoms with E-state index in [1.54, 1.807) is 19.3 Å². The van der Waals surface area contributed by atoms with E-state index in [2.05, 4.69) is 10.3 Å². The molecular weight excluding hydrogens is 256 g/mol.